The Kier molecular flexibility index (Phi) is 5.23. The second-order valence-corrected chi connectivity index (χ2v) is 8.35. The molecule has 2 aliphatic rings. The Hall–Kier alpha value is -3.51. The molecule has 1 saturated heterocycles. The van der Waals surface area contributed by atoms with Gasteiger partial charge in [-0.2, -0.15) is 0 Å². The van der Waals surface area contributed by atoms with Crippen molar-refractivity contribution in [2.75, 3.05) is 37.6 Å². The molecule has 2 atom stereocenters. The van der Waals surface area contributed by atoms with Crippen molar-refractivity contribution in [2.24, 2.45) is 0 Å². The number of fused-ring (bicyclic) bond motifs is 4. The van der Waals surface area contributed by atoms with Gasteiger partial charge < -0.3 is 24.1 Å². The first-order valence-corrected chi connectivity index (χ1v) is 10.8. The fraction of sp³-hybridized carbons (Fsp3) is 0.350. The van der Waals surface area contributed by atoms with Crippen LogP contribution in [0.1, 0.15) is 27.0 Å². The maximum Gasteiger partial charge on any atom is 0.337 e. The molecule has 12 heteroatoms. The first kappa shape index (κ1) is 20.4. The topological polar surface area (TPSA) is 132 Å². The molecule has 0 radical (unpaired) electrons. The predicted molar refractivity (Wildman–Crippen MR) is 115 cm³/mol. The van der Waals surface area contributed by atoms with E-state index in [-0.39, 0.29) is 18.1 Å². The van der Waals surface area contributed by atoms with Gasteiger partial charge in [-0.1, -0.05) is 22.5 Å². The Balaban J connectivity index is 1.44. The number of hydrogen-bond acceptors (Lipinski definition) is 10. The molecule has 32 heavy (non-hydrogen) atoms. The summed E-state index contributed by atoms with van der Waals surface area (Å²) in [6.07, 6.45) is 0.632. The molecule has 2 aliphatic heterocycles. The Labute approximate surface area is 186 Å². The van der Waals surface area contributed by atoms with Gasteiger partial charge in [0.2, 0.25) is 5.89 Å². The van der Waals surface area contributed by atoms with Crippen molar-refractivity contribution < 1.29 is 23.5 Å². The van der Waals surface area contributed by atoms with Crippen molar-refractivity contribution in [3.05, 3.63) is 40.4 Å². The molecule has 2 aromatic heterocycles. The first-order valence-electron chi connectivity index (χ1n) is 9.94. The number of rotatable bonds is 4. The summed E-state index contributed by atoms with van der Waals surface area (Å²) in [6, 6.07) is 6.73. The quantitative estimate of drug-likeness (QED) is 0.567. The van der Waals surface area contributed by atoms with Crippen LogP contribution in [0.3, 0.4) is 0 Å². The standard InChI is InChI=1S/C20H20N6O5S/c1-21-18(28)23-19-22-13-7-12-8-30-9-14(15(13)32-19)26(12)20-25-24-16(31-20)10-4-3-5-11(6-10)17(27)29-2/h3-6,12,14H,7-9H2,1-2H3,(H2,21,22,23,28). The summed E-state index contributed by atoms with van der Waals surface area (Å²) in [6.45, 7) is 0.946. The Morgan fingerprint density at radius 2 is 2.16 bits per heavy atom. The number of methoxy groups -OCH3 is 1. The number of urea groups is 1. The van der Waals surface area contributed by atoms with Crippen LogP contribution >= 0.6 is 11.3 Å². The minimum absolute atomic E-state index is 0.0223. The van der Waals surface area contributed by atoms with E-state index in [0.29, 0.717) is 47.8 Å². The smallest absolute Gasteiger partial charge is 0.337 e. The molecule has 0 spiro atoms. The van der Waals surface area contributed by atoms with E-state index in [4.69, 9.17) is 13.9 Å². The van der Waals surface area contributed by atoms with Gasteiger partial charge in [-0.3, -0.25) is 5.32 Å². The van der Waals surface area contributed by atoms with E-state index in [1.165, 1.54) is 18.4 Å². The van der Waals surface area contributed by atoms with E-state index in [2.05, 4.69) is 30.7 Å². The number of anilines is 2. The van der Waals surface area contributed by atoms with Crippen LogP contribution in [-0.2, 0) is 15.9 Å². The van der Waals surface area contributed by atoms with Crippen molar-refractivity contribution in [2.45, 2.75) is 18.5 Å². The zero-order chi connectivity index (χ0) is 22.2. The van der Waals surface area contributed by atoms with Crippen LogP contribution in [0.2, 0.25) is 0 Å². The highest BCUT2D eigenvalue weighted by molar-refractivity contribution is 7.16. The number of esters is 1. The van der Waals surface area contributed by atoms with Crippen molar-refractivity contribution in [1.82, 2.24) is 20.5 Å². The number of carbonyl (C=O) groups excluding carboxylic acids is 2. The maximum atomic E-state index is 11.8. The van der Waals surface area contributed by atoms with Crippen LogP contribution in [-0.4, -0.2) is 60.6 Å². The molecule has 2 bridgehead atoms. The number of thiazole rings is 1. The lowest BCUT2D eigenvalue weighted by Crippen LogP contribution is -2.51. The Morgan fingerprint density at radius 3 is 2.97 bits per heavy atom. The number of amides is 2. The fourth-order valence-electron chi connectivity index (χ4n) is 3.92. The highest BCUT2D eigenvalue weighted by Crippen LogP contribution is 2.43. The van der Waals surface area contributed by atoms with Crippen LogP contribution in [0.4, 0.5) is 15.9 Å². The molecule has 2 amide bonds. The van der Waals surface area contributed by atoms with E-state index in [1.54, 1.807) is 31.3 Å². The summed E-state index contributed by atoms with van der Waals surface area (Å²) in [5.74, 6) is -0.130. The summed E-state index contributed by atoms with van der Waals surface area (Å²) < 4.78 is 16.6. The molecule has 4 heterocycles. The zero-order valence-corrected chi connectivity index (χ0v) is 18.1. The second-order valence-electron chi connectivity index (χ2n) is 7.31. The van der Waals surface area contributed by atoms with Gasteiger partial charge >= 0.3 is 18.0 Å². The van der Waals surface area contributed by atoms with Gasteiger partial charge in [0.15, 0.2) is 5.13 Å². The van der Waals surface area contributed by atoms with Crippen molar-refractivity contribution in [3.8, 4) is 11.5 Å². The van der Waals surface area contributed by atoms with E-state index in [9.17, 15) is 9.59 Å². The number of nitrogens with one attached hydrogen (secondary N) is 2. The van der Waals surface area contributed by atoms with Crippen LogP contribution in [0, 0.1) is 0 Å². The lowest BCUT2D eigenvalue weighted by Gasteiger charge is -2.43. The van der Waals surface area contributed by atoms with Gasteiger partial charge in [-0.25, -0.2) is 14.6 Å². The van der Waals surface area contributed by atoms with Crippen molar-refractivity contribution >= 4 is 34.5 Å². The normalized spacial score (nSPS) is 19.2. The number of aromatic nitrogens is 3. The third-order valence-electron chi connectivity index (χ3n) is 5.39. The highest BCUT2D eigenvalue weighted by Gasteiger charge is 2.43. The molecule has 2 N–H and O–H groups in total. The summed E-state index contributed by atoms with van der Waals surface area (Å²) in [5.41, 5.74) is 1.97. The monoisotopic (exact) mass is 456 g/mol. The van der Waals surface area contributed by atoms with Crippen LogP contribution in [0.25, 0.3) is 11.5 Å². The van der Waals surface area contributed by atoms with Crippen molar-refractivity contribution in [3.63, 3.8) is 0 Å². The minimum atomic E-state index is -0.437. The zero-order valence-electron chi connectivity index (χ0n) is 17.3. The molecule has 166 valence electrons. The Morgan fingerprint density at radius 1 is 1.28 bits per heavy atom. The molecule has 1 fully saturated rings. The lowest BCUT2D eigenvalue weighted by molar-refractivity contribution is 0.0578. The summed E-state index contributed by atoms with van der Waals surface area (Å²) in [7, 11) is 2.89. The average molecular weight is 456 g/mol. The maximum absolute atomic E-state index is 11.8. The minimum Gasteiger partial charge on any atom is -0.465 e. The van der Waals surface area contributed by atoms with Gasteiger partial charge in [0.05, 0.1) is 48.5 Å². The van der Waals surface area contributed by atoms with Gasteiger partial charge in [-0.15, -0.1) is 5.10 Å². The van der Waals surface area contributed by atoms with Gasteiger partial charge in [-0.05, 0) is 18.2 Å². The number of nitrogens with zero attached hydrogens (tertiary/aromatic N) is 4. The summed E-state index contributed by atoms with van der Waals surface area (Å²) >= 11 is 1.41. The largest absolute Gasteiger partial charge is 0.465 e. The number of hydrogen-bond donors (Lipinski definition) is 2. The lowest BCUT2D eigenvalue weighted by atomic mass is 9.97. The SMILES string of the molecule is CNC(=O)Nc1nc2c(s1)C1COCC(C2)N1c1nnc(-c2cccc(C(=O)OC)c2)o1. The van der Waals surface area contributed by atoms with Gasteiger partial charge in [0.1, 0.15) is 0 Å². The van der Waals surface area contributed by atoms with Gasteiger partial charge in [0.25, 0.3) is 0 Å². The fourth-order valence-corrected chi connectivity index (χ4v) is 4.99. The highest BCUT2D eigenvalue weighted by atomic mass is 32.1. The molecule has 1 aromatic carbocycles. The summed E-state index contributed by atoms with van der Waals surface area (Å²) in [5, 5.41) is 14.3. The molecule has 0 saturated carbocycles. The molecule has 5 rings (SSSR count). The molecule has 3 aromatic rings. The van der Waals surface area contributed by atoms with Crippen LogP contribution in [0.5, 0.6) is 0 Å². The number of carbonyl (C=O) groups is 2. The van der Waals surface area contributed by atoms with Crippen molar-refractivity contribution in [1.29, 1.82) is 0 Å². The van der Waals surface area contributed by atoms with E-state index < -0.39 is 5.97 Å². The van der Waals surface area contributed by atoms with E-state index in [0.717, 1.165) is 10.6 Å². The number of ether oxygens (including phenoxy) is 2. The predicted octanol–water partition coefficient (Wildman–Crippen LogP) is 2.23. The van der Waals surface area contributed by atoms with E-state index in [1.807, 2.05) is 0 Å². The second kappa shape index (κ2) is 8.20. The molecule has 0 aliphatic carbocycles. The average Bonchev–Trinajstić information content (AvgIpc) is 3.45. The molecule has 11 nitrogen and oxygen atoms in total. The Bertz CT molecular complexity index is 1180. The number of benzene rings is 1. The summed E-state index contributed by atoms with van der Waals surface area (Å²) in [4.78, 5) is 31.2. The first-order chi connectivity index (χ1) is 15.6. The van der Waals surface area contributed by atoms with E-state index >= 15 is 0 Å². The van der Waals surface area contributed by atoms with Crippen LogP contribution in [0.15, 0.2) is 28.7 Å². The van der Waals surface area contributed by atoms with Crippen LogP contribution < -0.4 is 15.5 Å². The third kappa shape index (κ3) is 3.56. The third-order valence-corrected chi connectivity index (χ3v) is 6.50. The molecular weight excluding hydrogens is 436 g/mol. The molecule has 2 unspecified atom stereocenters. The molecular formula is C20H20N6O5S. The number of morpholine rings is 1. The van der Waals surface area contributed by atoms with Gasteiger partial charge in [0, 0.05) is 19.0 Å².